The smallest absolute Gasteiger partial charge is 0.227 e. The van der Waals surface area contributed by atoms with Crippen LogP contribution in [0.2, 0.25) is 0 Å². The number of carbonyl (C=O) groups is 1. The van der Waals surface area contributed by atoms with E-state index >= 15 is 0 Å². The molecule has 0 atom stereocenters. The number of para-hydroxylation sites is 1. The molecule has 0 unspecified atom stereocenters. The molecule has 1 aliphatic rings. The zero-order valence-corrected chi connectivity index (χ0v) is 16.0. The Balaban J connectivity index is 1.58. The Labute approximate surface area is 162 Å². The molecule has 1 fully saturated rings. The fourth-order valence-electron chi connectivity index (χ4n) is 3.83. The van der Waals surface area contributed by atoms with Crippen molar-refractivity contribution in [3.63, 3.8) is 0 Å². The number of piperidine rings is 1. The zero-order chi connectivity index (χ0) is 18.9. The van der Waals surface area contributed by atoms with E-state index in [1.54, 1.807) is 0 Å². The molecule has 0 aliphatic carbocycles. The van der Waals surface area contributed by atoms with Gasteiger partial charge in [0.2, 0.25) is 5.91 Å². The maximum Gasteiger partial charge on any atom is 0.227 e. The van der Waals surface area contributed by atoms with E-state index in [1.807, 2.05) is 35.2 Å². The highest BCUT2D eigenvalue weighted by atomic mass is 16.3. The van der Waals surface area contributed by atoms with Gasteiger partial charge in [-0.25, -0.2) is 0 Å². The van der Waals surface area contributed by atoms with Crippen LogP contribution >= 0.6 is 0 Å². The minimum Gasteiger partial charge on any atom is -0.396 e. The number of anilines is 1. The molecule has 1 saturated heterocycles. The van der Waals surface area contributed by atoms with Crippen LogP contribution in [-0.2, 0) is 11.2 Å². The molecule has 0 bridgehead atoms. The Morgan fingerprint density at radius 3 is 2.26 bits per heavy atom. The van der Waals surface area contributed by atoms with Crippen molar-refractivity contribution in [2.24, 2.45) is 0 Å². The SMILES string of the molecule is O=C(CCCO)N(c1ccccc1)C1CCN(CCc2ccccc2)CC1. The van der Waals surface area contributed by atoms with Gasteiger partial charge in [-0.05, 0) is 43.4 Å². The summed E-state index contributed by atoms with van der Waals surface area (Å²) in [6.45, 7) is 3.18. The molecule has 1 heterocycles. The van der Waals surface area contributed by atoms with Gasteiger partial charge in [-0.15, -0.1) is 0 Å². The third-order valence-electron chi connectivity index (χ3n) is 5.33. The van der Waals surface area contributed by atoms with E-state index < -0.39 is 0 Å². The maximum absolute atomic E-state index is 12.8. The molecule has 0 radical (unpaired) electrons. The number of aliphatic hydroxyl groups is 1. The second kappa shape index (κ2) is 10.2. The van der Waals surface area contributed by atoms with Gasteiger partial charge >= 0.3 is 0 Å². The van der Waals surface area contributed by atoms with Crippen molar-refractivity contribution in [2.45, 2.75) is 38.1 Å². The molecule has 4 heteroatoms. The van der Waals surface area contributed by atoms with Gasteiger partial charge in [0.1, 0.15) is 0 Å². The summed E-state index contributed by atoms with van der Waals surface area (Å²) in [5, 5.41) is 9.09. The average molecular weight is 367 g/mol. The monoisotopic (exact) mass is 366 g/mol. The minimum atomic E-state index is 0.0618. The lowest BCUT2D eigenvalue weighted by atomic mass is 10.0. The largest absolute Gasteiger partial charge is 0.396 e. The summed E-state index contributed by atoms with van der Waals surface area (Å²) in [6.07, 6.45) is 3.99. The van der Waals surface area contributed by atoms with E-state index in [0.717, 1.165) is 44.6 Å². The second-order valence-electron chi connectivity index (χ2n) is 7.23. The van der Waals surface area contributed by atoms with Crippen LogP contribution in [-0.4, -0.2) is 48.2 Å². The summed E-state index contributed by atoms with van der Waals surface area (Å²) >= 11 is 0. The topological polar surface area (TPSA) is 43.8 Å². The number of nitrogens with zero attached hydrogens (tertiary/aromatic N) is 2. The van der Waals surface area contributed by atoms with Crippen molar-refractivity contribution in [1.82, 2.24) is 4.90 Å². The van der Waals surface area contributed by atoms with Crippen LogP contribution in [0.5, 0.6) is 0 Å². The van der Waals surface area contributed by atoms with Crippen molar-refractivity contribution < 1.29 is 9.90 Å². The lowest BCUT2D eigenvalue weighted by Gasteiger charge is -2.38. The highest BCUT2D eigenvalue weighted by Gasteiger charge is 2.28. The lowest BCUT2D eigenvalue weighted by Crippen LogP contribution is -2.48. The summed E-state index contributed by atoms with van der Waals surface area (Å²) in [4.78, 5) is 17.3. The van der Waals surface area contributed by atoms with E-state index in [9.17, 15) is 4.79 Å². The Kier molecular flexibility index (Phi) is 7.43. The number of benzene rings is 2. The Hall–Kier alpha value is -2.17. The molecule has 144 valence electrons. The molecule has 3 rings (SSSR count). The number of hydrogen-bond donors (Lipinski definition) is 1. The van der Waals surface area contributed by atoms with Gasteiger partial charge in [0.25, 0.3) is 0 Å². The number of likely N-dealkylation sites (tertiary alicyclic amines) is 1. The molecular formula is C23H30N2O2. The molecule has 1 N–H and O–H groups in total. The number of amides is 1. The average Bonchev–Trinajstić information content (AvgIpc) is 2.73. The molecule has 1 amide bonds. The van der Waals surface area contributed by atoms with Gasteiger partial charge in [0, 0.05) is 44.4 Å². The summed E-state index contributed by atoms with van der Waals surface area (Å²) in [7, 11) is 0. The van der Waals surface area contributed by atoms with Gasteiger partial charge in [-0.3, -0.25) is 4.79 Å². The quantitative estimate of drug-likeness (QED) is 0.778. The molecule has 0 saturated carbocycles. The second-order valence-corrected chi connectivity index (χ2v) is 7.23. The van der Waals surface area contributed by atoms with Crippen LogP contribution in [0.25, 0.3) is 0 Å². The summed E-state index contributed by atoms with van der Waals surface area (Å²) in [5.41, 5.74) is 2.35. The first-order chi connectivity index (χ1) is 13.3. The number of hydrogen-bond acceptors (Lipinski definition) is 3. The standard InChI is InChI=1S/C23H30N2O2/c26-19-7-12-23(27)25(21-10-5-2-6-11-21)22-14-17-24(18-15-22)16-13-20-8-3-1-4-9-20/h1-6,8-11,22,26H,7,12-19H2. The predicted molar refractivity (Wildman–Crippen MR) is 110 cm³/mol. The summed E-state index contributed by atoms with van der Waals surface area (Å²) < 4.78 is 0. The number of aliphatic hydroxyl groups excluding tert-OH is 1. The zero-order valence-electron chi connectivity index (χ0n) is 16.0. The van der Waals surface area contributed by atoms with Crippen molar-refractivity contribution in [1.29, 1.82) is 0 Å². The van der Waals surface area contributed by atoms with E-state index in [1.165, 1.54) is 5.56 Å². The van der Waals surface area contributed by atoms with E-state index in [-0.39, 0.29) is 18.6 Å². The first kappa shape index (κ1) is 19.6. The molecule has 2 aromatic rings. The van der Waals surface area contributed by atoms with Crippen LogP contribution in [0, 0.1) is 0 Å². The molecule has 27 heavy (non-hydrogen) atoms. The number of rotatable bonds is 8. The van der Waals surface area contributed by atoms with Gasteiger partial charge in [0.15, 0.2) is 0 Å². The van der Waals surface area contributed by atoms with Crippen LogP contribution in [0.3, 0.4) is 0 Å². The lowest BCUT2D eigenvalue weighted by molar-refractivity contribution is -0.119. The Morgan fingerprint density at radius 2 is 1.63 bits per heavy atom. The van der Waals surface area contributed by atoms with Crippen molar-refractivity contribution >= 4 is 11.6 Å². The van der Waals surface area contributed by atoms with E-state index in [2.05, 4.69) is 35.2 Å². The first-order valence-electron chi connectivity index (χ1n) is 10.0. The molecule has 0 spiro atoms. The van der Waals surface area contributed by atoms with Crippen molar-refractivity contribution in [3.05, 3.63) is 66.2 Å². The van der Waals surface area contributed by atoms with Crippen LogP contribution < -0.4 is 4.90 Å². The minimum absolute atomic E-state index is 0.0618. The van der Waals surface area contributed by atoms with E-state index in [0.29, 0.717) is 12.8 Å². The third-order valence-corrected chi connectivity index (χ3v) is 5.33. The van der Waals surface area contributed by atoms with Crippen molar-refractivity contribution in [3.8, 4) is 0 Å². The molecular weight excluding hydrogens is 336 g/mol. The Morgan fingerprint density at radius 1 is 1.00 bits per heavy atom. The molecule has 1 aliphatic heterocycles. The summed E-state index contributed by atoms with van der Waals surface area (Å²) in [6, 6.07) is 20.8. The highest BCUT2D eigenvalue weighted by molar-refractivity contribution is 5.93. The van der Waals surface area contributed by atoms with E-state index in [4.69, 9.17) is 5.11 Å². The van der Waals surface area contributed by atoms with Crippen LogP contribution in [0.15, 0.2) is 60.7 Å². The predicted octanol–water partition coefficient (Wildman–Crippen LogP) is 3.50. The number of carbonyl (C=O) groups excluding carboxylic acids is 1. The maximum atomic E-state index is 12.8. The molecule has 4 nitrogen and oxygen atoms in total. The van der Waals surface area contributed by atoms with Gasteiger partial charge < -0.3 is 14.9 Å². The fraction of sp³-hybridized carbons (Fsp3) is 0.435. The molecule has 2 aromatic carbocycles. The summed E-state index contributed by atoms with van der Waals surface area (Å²) in [5.74, 6) is 0.123. The third kappa shape index (κ3) is 5.65. The van der Waals surface area contributed by atoms with Crippen LogP contribution in [0.1, 0.15) is 31.2 Å². The molecule has 0 aromatic heterocycles. The Bertz CT molecular complexity index is 682. The first-order valence-corrected chi connectivity index (χ1v) is 10.0. The highest BCUT2D eigenvalue weighted by Crippen LogP contribution is 2.25. The van der Waals surface area contributed by atoms with Crippen molar-refractivity contribution in [2.75, 3.05) is 31.1 Å². The fourth-order valence-corrected chi connectivity index (χ4v) is 3.83. The van der Waals surface area contributed by atoms with Crippen LogP contribution in [0.4, 0.5) is 5.69 Å². The van der Waals surface area contributed by atoms with Gasteiger partial charge in [-0.1, -0.05) is 48.5 Å². The normalized spacial score (nSPS) is 15.6. The van der Waals surface area contributed by atoms with Gasteiger partial charge in [-0.2, -0.15) is 0 Å². The van der Waals surface area contributed by atoms with Gasteiger partial charge in [0.05, 0.1) is 0 Å².